The summed E-state index contributed by atoms with van der Waals surface area (Å²) in [6.07, 6.45) is 2.51. The summed E-state index contributed by atoms with van der Waals surface area (Å²) in [6.45, 7) is 5.48. The molecule has 73 valence electrons. The molecule has 0 unspecified atom stereocenters. The van der Waals surface area contributed by atoms with E-state index in [9.17, 15) is 0 Å². The first-order valence-electron chi connectivity index (χ1n) is 5.08. The van der Waals surface area contributed by atoms with E-state index in [1.807, 2.05) is 12.1 Å². The van der Waals surface area contributed by atoms with Crippen LogP contribution in [-0.4, -0.2) is 0 Å². The predicted octanol–water partition coefficient (Wildman–Crippen LogP) is 3.89. The van der Waals surface area contributed by atoms with Gasteiger partial charge >= 0.3 is 0 Å². The third-order valence-corrected chi connectivity index (χ3v) is 2.44. The van der Waals surface area contributed by atoms with Crippen molar-refractivity contribution >= 4 is 0 Å². The van der Waals surface area contributed by atoms with Crippen molar-refractivity contribution in [3.05, 3.63) is 72.8 Å². The summed E-state index contributed by atoms with van der Waals surface area (Å²) in [5.74, 6) is 0. The highest BCUT2D eigenvalue weighted by Gasteiger charge is 2.01. The highest BCUT2D eigenvalue weighted by Crippen LogP contribution is 2.23. The van der Waals surface area contributed by atoms with Crippen LogP contribution in [0.2, 0.25) is 0 Å². The molecule has 0 aliphatic rings. The van der Waals surface area contributed by atoms with Crippen LogP contribution in [0.5, 0.6) is 0 Å². The van der Waals surface area contributed by atoms with Crippen molar-refractivity contribution in [3.8, 4) is 11.1 Å². The summed E-state index contributed by atoms with van der Waals surface area (Å²) in [5.41, 5.74) is 3.78. The molecule has 0 fully saturated rings. The van der Waals surface area contributed by atoms with Crippen LogP contribution < -0.4 is 0 Å². The summed E-state index contributed by atoms with van der Waals surface area (Å²) >= 11 is 0. The molecule has 0 saturated carbocycles. The SMILES string of the molecule is [CH]=CCc1ccccc1-c1ccccc1. The van der Waals surface area contributed by atoms with Gasteiger partial charge in [-0.15, -0.1) is 0 Å². The average molecular weight is 193 g/mol. The van der Waals surface area contributed by atoms with Gasteiger partial charge in [0.1, 0.15) is 0 Å². The average Bonchev–Trinajstić information content (AvgIpc) is 2.31. The normalized spacial score (nSPS) is 9.87. The van der Waals surface area contributed by atoms with Crippen LogP contribution in [0.1, 0.15) is 5.56 Å². The summed E-state index contributed by atoms with van der Waals surface area (Å²) in [4.78, 5) is 0. The monoisotopic (exact) mass is 193 g/mol. The molecule has 0 heteroatoms. The molecular formula is C15H13. The Morgan fingerprint density at radius 3 is 2.27 bits per heavy atom. The number of hydrogen-bond acceptors (Lipinski definition) is 0. The topological polar surface area (TPSA) is 0 Å². The molecule has 0 heterocycles. The van der Waals surface area contributed by atoms with E-state index in [1.54, 1.807) is 6.08 Å². The minimum absolute atomic E-state index is 0.811. The van der Waals surface area contributed by atoms with Gasteiger partial charge in [-0.05, 0) is 23.1 Å². The zero-order valence-electron chi connectivity index (χ0n) is 8.56. The molecule has 0 amide bonds. The molecule has 2 rings (SSSR count). The molecule has 0 aliphatic carbocycles. The van der Waals surface area contributed by atoms with Gasteiger partial charge in [0.2, 0.25) is 0 Å². The Bertz CT molecular complexity index is 441. The lowest BCUT2D eigenvalue weighted by molar-refractivity contribution is 1.27. The van der Waals surface area contributed by atoms with Crippen molar-refractivity contribution in [3.63, 3.8) is 0 Å². The Hall–Kier alpha value is -1.82. The first kappa shape index (κ1) is 9.72. The zero-order valence-corrected chi connectivity index (χ0v) is 8.56. The Balaban J connectivity index is 2.48. The third kappa shape index (κ3) is 2.16. The first-order valence-corrected chi connectivity index (χ1v) is 5.08. The Kier molecular flexibility index (Phi) is 2.99. The Morgan fingerprint density at radius 2 is 1.53 bits per heavy atom. The molecule has 2 aromatic rings. The molecule has 0 aliphatic heterocycles. The quantitative estimate of drug-likeness (QED) is 0.693. The van der Waals surface area contributed by atoms with Crippen LogP contribution in [0.3, 0.4) is 0 Å². The molecule has 0 spiro atoms. The van der Waals surface area contributed by atoms with Crippen LogP contribution in [0.4, 0.5) is 0 Å². The van der Waals surface area contributed by atoms with Crippen LogP contribution in [-0.2, 0) is 6.42 Å². The highest BCUT2D eigenvalue weighted by molar-refractivity contribution is 5.67. The summed E-state index contributed by atoms with van der Waals surface area (Å²) in [7, 11) is 0. The smallest absolute Gasteiger partial charge is 0.00882 e. The zero-order chi connectivity index (χ0) is 10.5. The van der Waals surface area contributed by atoms with Crippen molar-refractivity contribution in [1.29, 1.82) is 0 Å². The Labute approximate surface area is 90.9 Å². The molecule has 15 heavy (non-hydrogen) atoms. The fourth-order valence-corrected chi connectivity index (χ4v) is 1.72. The van der Waals surface area contributed by atoms with Crippen molar-refractivity contribution < 1.29 is 0 Å². The van der Waals surface area contributed by atoms with E-state index in [2.05, 4.69) is 42.5 Å². The largest absolute Gasteiger partial charge is 0.0801 e. The maximum atomic E-state index is 5.48. The van der Waals surface area contributed by atoms with E-state index in [0.29, 0.717) is 0 Å². The molecule has 1 radical (unpaired) electrons. The van der Waals surface area contributed by atoms with E-state index < -0.39 is 0 Å². The van der Waals surface area contributed by atoms with Crippen LogP contribution in [0.25, 0.3) is 11.1 Å². The maximum Gasteiger partial charge on any atom is -0.00882 e. The van der Waals surface area contributed by atoms with Gasteiger partial charge in [0.05, 0.1) is 0 Å². The van der Waals surface area contributed by atoms with Crippen LogP contribution >= 0.6 is 0 Å². The maximum absolute atomic E-state index is 5.48. The van der Waals surface area contributed by atoms with E-state index in [-0.39, 0.29) is 0 Å². The minimum Gasteiger partial charge on any atom is -0.0801 e. The molecule has 2 aromatic carbocycles. The fourth-order valence-electron chi connectivity index (χ4n) is 1.72. The molecule has 0 aromatic heterocycles. The lowest BCUT2D eigenvalue weighted by atomic mass is 9.98. The molecule has 0 atom stereocenters. The third-order valence-electron chi connectivity index (χ3n) is 2.44. The second-order valence-electron chi connectivity index (χ2n) is 3.46. The van der Waals surface area contributed by atoms with Crippen LogP contribution in [0, 0.1) is 6.58 Å². The summed E-state index contributed by atoms with van der Waals surface area (Å²) in [5, 5.41) is 0. The lowest BCUT2D eigenvalue weighted by Gasteiger charge is -2.07. The van der Waals surface area contributed by atoms with Crippen molar-refractivity contribution in [1.82, 2.24) is 0 Å². The second kappa shape index (κ2) is 4.61. The molecule has 0 nitrogen and oxygen atoms in total. The van der Waals surface area contributed by atoms with Gasteiger partial charge in [0.15, 0.2) is 0 Å². The van der Waals surface area contributed by atoms with Gasteiger partial charge in [-0.2, -0.15) is 0 Å². The predicted molar refractivity (Wildman–Crippen MR) is 64.5 cm³/mol. The van der Waals surface area contributed by atoms with Gasteiger partial charge in [-0.1, -0.05) is 67.3 Å². The fraction of sp³-hybridized carbons (Fsp3) is 0.0667. The van der Waals surface area contributed by atoms with E-state index in [4.69, 9.17) is 6.58 Å². The van der Waals surface area contributed by atoms with Gasteiger partial charge < -0.3 is 0 Å². The van der Waals surface area contributed by atoms with Crippen molar-refractivity contribution in [2.45, 2.75) is 6.42 Å². The van der Waals surface area contributed by atoms with Crippen LogP contribution in [0.15, 0.2) is 60.7 Å². The standard InChI is InChI=1S/C15H13/c1-2-8-13-11-6-7-12-15(13)14-9-4-3-5-10-14/h1-7,9-12H,8H2. The summed E-state index contributed by atoms with van der Waals surface area (Å²) < 4.78 is 0. The van der Waals surface area contributed by atoms with Gasteiger partial charge in [0.25, 0.3) is 0 Å². The van der Waals surface area contributed by atoms with Crippen molar-refractivity contribution in [2.24, 2.45) is 0 Å². The minimum atomic E-state index is 0.811. The highest BCUT2D eigenvalue weighted by atomic mass is 14.1. The number of rotatable bonds is 3. The molecule has 0 N–H and O–H groups in total. The van der Waals surface area contributed by atoms with E-state index in [1.165, 1.54) is 16.7 Å². The second-order valence-corrected chi connectivity index (χ2v) is 3.46. The molecule has 0 saturated heterocycles. The Morgan fingerprint density at radius 1 is 0.867 bits per heavy atom. The number of hydrogen-bond donors (Lipinski definition) is 0. The van der Waals surface area contributed by atoms with Crippen molar-refractivity contribution in [2.75, 3.05) is 0 Å². The van der Waals surface area contributed by atoms with Gasteiger partial charge in [0, 0.05) is 0 Å². The molecular weight excluding hydrogens is 180 g/mol. The molecule has 0 bridgehead atoms. The summed E-state index contributed by atoms with van der Waals surface area (Å²) in [6, 6.07) is 18.7. The number of allylic oxidation sites excluding steroid dienone is 1. The number of benzene rings is 2. The van der Waals surface area contributed by atoms with Gasteiger partial charge in [-0.3, -0.25) is 0 Å². The van der Waals surface area contributed by atoms with E-state index in [0.717, 1.165) is 6.42 Å². The first-order chi connectivity index (χ1) is 7.42. The van der Waals surface area contributed by atoms with Gasteiger partial charge in [-0.25, -0.2) is 0 Å². The van der Waals surface area contributed by atoms with E-state index >= 15 is 0 Å². The lowest BCUT2D eigenvalue weighted by Crippen LogP contribution is -1.86.